The summed E-state index contributed by atoms with van der Waals surface area (Å²) >= 11 is 0. The number of nitrogens with one attached hydrogen (secondary N) is 1. The molecule has 0 spiro atoms. The van der Waals surface area contributed by atoms with Gasteiger partial charge in [0.25, 0.3) is 5.91 Å². The molecule has 0 unspecified atom stereocenters. The molecule has 3 aromatic heterocycles. The monoisotopic (exact) mass is 416 g/mol. The zero-order chi connectivity index (χ0) is 21.4. The van der Waals surface area contributed by atoms with Gasteiger partial charge in [-0.05, 0) is 24.3 Å². The molecule has 3 heterocycles. The third-order valence-corrected chi connectivity index (χ3v) is 4.85. The van der Waals surface area contributed by atoms with Crippen LogP contribution in [0.5, 0.6) is 5.75 Å². The smallest absolute Gasteiger partial charge is 0.349 e. The summed E-state index contributed by atoms with van der Waals surface area (Å²) in [6.07, 6.45) is 0. The Morgan fingerprint density at radius 3 is 2.68 bits per heavy atom. The van der Waals surface area contributed by atoms with Crippen molar-refractivity contribution in [2.45, 2.75) is 6.54 Å². The summed E-state index contributed by atoms with van der Waals surface area (Å²) in [4.78, 5) is 24.9. The number of ether oxygens (including phenoxy) is 1. The van der Waals surface area contributed by atoms with E-state index in [9.17, 15) is 9.59 Å². The second kappa shape index (κ2) is 7.49. The van der Waals surface area contributed by atoms with Gasteiger partial charge < -0.3 is 23.4 Å². The van der Waals surface area contributed by atoms with Crippen molar-refractivity contribution < 1.29 is 22.9 Å². The van der Waals surface area contributed by atoms with Crippen LogP contribution in [0.3, 0.4) is 0 Å². The second-order valence-corrected chi connectivity index (χ2v) is 6.84. The highest BCUT2D eigenvalue weighted by Crippen LogP contribution is 2.28. The summed E-state index contributed by atoms with van der Waals surface area (Å²) < 4.78 is 21.6. The number of rotatable bonds is 5. The summed E-state index contributed by atoms with van der Waals surface area (Å²) in [6.45, 7) is 0.0676. The van der Waals surface area contributed by atoms with Gasteiger partial charge in [0.15, 0.2) is 17.1 Å². The maximum atomic E-state index is 12.6. The Morgan fingerprint density at radius 1 is 1.00 bits per heavy atom. The third-order valence-electron chi connectivity index (χ3n) is 4.85. The van der Waals surface area contributed by atoms with E-state index in [1.165, 1.54) is 13.2 Å². The van der Waals surface area contributed by atoms with E-state index >= 15 is 0 Å². The van der Waals surface area contributed by atoms with Gasteiger partial charge in [0.1, 0.15) is 16.8 Å². The number of carbonyl (C=O) groups is 1. The quantitative estimate of drug-likeness (QED) is 0.429. The lowest BCUT2D eigenvalue weighted by molar-refractivity contribution is 0.0946. The first kappa shape index (κ1) is 18.7. The molecule has 0 aliphatic rings. The van der Waals surface area contributed by atoms with Crippen molar-refractivity contribution in [3.8, 4) is 17.3 Å². The normalized spacial score (nSPS) is 11.1. The molecule has 5 rings (SSSR count). The Bertz CT molecular complexity index is 1440. The molecule has 8 heteroatoms. The van der Waals surface area contributed by atoms with Crippen LogP contribution in [0.2, 0.25) is 0 Å². The number of hydrogen-bond donors (Lipinski definition) is 1. The van der Waals surface area contributed by atoms with Gasteiger partial charge >= 0.3 is 5.63 Å². The van der Waals surface area contributed by atoms with Crippen LogP contribution in [0, 0.1) is 0 Å². The van der Waals surface area contributed by atoms with Crippen LogP contribution in [-0.4, -0.2) is 18.2 Å². The summed E-state index contributed by atoms with van der Waals surface area (Å²) in [5.41, 5.74) is 0.650. The summed E-state index contributed by atoms with van der Waals surface area (Å²) in [5.74, 6) is 0.821. The molecule has 1 N–H and O–H groups in total. The average Bonchev–Trinajstić information content (AvgIpc) is 3.43. The fourth-order valence-corrected chi connectivity index (χ4v) is 3.32. The molecule has 5 aromatic rings. The van der Waals surface area contributed by atoms with E-state index < -0.39 is 11.5 Å². The van der Waals surface area contributed by atoms with E-state index in [4.69, 9.17) is 18.1 Å². The lowest BCUT2D eigenvalue weighted by atomic mass is 10.1. The number of benzene rings is 2. The molecule has 0 fully saturated rings. The maximum absolute atomic E-state index is 12.6. The standard InChI is InChI=1S/C23H16N2O6/c1-28-18-8-4-6-14-9-16(23(27)30-21(14)18)22(26)24-12-15-11-20(31-25-15)19-10-13-5-2-3-7-17(13)29-19/h2-11H,12H2,1H3,(H,24,26). The molecule has 0 saturated carbocycles. The fraction of sp³-hybridized carbons (Fsp3) is 0.0870. The van der Waals surface area contributed by atoms with Gasteiger partial charge in [0.2, 0.25) is 5.76 Å². The summed E-state index contributed by atoms with van der Waals surface area (Å²) in [5, 5.41) is 8.14. The molecule has 0 bridgehead atoms. The van der Waals surface area contributed by atoms with E-state index in [1.807, 2.05) is 30.3 Å². The van der Waals surface area contributed by atoms with E-state index in [0.717, 1.165) is 11.0 Å². The van der Waals surface area contributed by atoms with Crippen molar-refractivity contribution >= 4 is 27.8 Å². The molecule has 0 aliphatic carbocycles. The van der Waals surface area contributed by atoms with Crippen molar-refractivity contribution in [3.63, 3.8) is 0 Å². The zero-order valence-electron chi connectivity index (χ0n) is 16.4. The number of para-hydroxylation sites is 2. The molecule has 0 aliphatic heterocycles. The van der Waals surface area contributed by atoms with Crippen LogP contribution in [0.1, 0.15) is 16.1 Å². The van der Waals surface area contributed by atoms with Gasteiger partial charge in [0.05, 0.1) is 13.7 Å². The molecular formula is C23H16N2O6. The lowest BCUT2D eigenvalue weighted by Gasteiger charge is -2.06. The fourth-order valence-electron chi connectivity index (χ4n) is 3.32. The number of hydrogen-bond acceptors (Lipinski definition) is 7. The third kappa shape index (κ3) is 3.44. The van der Waals surface area contributed by atoms with Crippen LogP contribution < -0.4 is 15.7 Å². The van der Waals surface area contributed by atoms with Crippen LogP contribution in [0.25, 0.3) is 33.5 Å². The zero-order valence-corrected chi connectivity index (χ0v) is 16.4. The highest BCUT2D eigenvalue weighted by molar-refractivity contribution is 5.97. The van der Waals surface area contributed by atoms with Gasteiger partial charge in [-0.25, -0.2) is 4.79 Å². The first-order chi connectivity index (χ1) is 15.1. The van der Waals surface area contributed by atoms with Crippen LogP contribution in [-0.2, 0) is 6.54 Å². The molecule has 2 aromatic carbocycles. The number of amides is 1. The highest BCUT2D eigenvalue weighted by atomic mass is 16.5. The van der Waals surface area contributed by atoms with Gasteiger partial charge in [-0.15, -0.1) is 0 Å². The second-order valence-electron chi connectivity index (χ2n) is 6.84. The lowest BCUT2D eigenvalue weighted by Crippen LogP contribution is -2.28. The molecule has 154 valence electrons. The van der Waals surface area contributed by atoms with Crippen molar-refractivity contribution in [1.29, 1.82) is 0 Å². The first-order valence-corrected chi connectivity index (χ1v) is 9.46. The number of aromatic nitrogens is 1. The Morgan fingerprint density at radius 2 is 1.84 bits per heavy atom. The van der Waals surface area contributed by atoms with Gasteiger partial charge in [-0.2, -0.15) is 0 Å². The van der Waals surface area contributed by atoms with Gasteiger partial charge in [-0.1, -0.05) is 35.5 Å². The van der Waals surface area contributed by atoms with Crippen LogP contribution >= 0.6 is 0 Å². The number of fused-ring (bicyclic) bond motifs is 2. The van der Waals surface area contributed by atoms with Crippen molar-refractivity contribution in [2.24, 2.45) is 0 Å². The molecule has 1 amide bonds. The average molecular weight is 416 g/mol. The molecule has 0 radical (unpaired) electrons. The van der Waals surface area contributed by atoms with Crippen molar-refractivity contribution in [1.82, 2.24) is 10.5 Å². The maximum Gasteiger partial charge on any atom is 0.349 e. The first-order valence-electron chi connectivity index (χ1n) is 9.46. The Labute approximate surface area is 175 Å². The minimum atomic E-state index is -0.752. The Kier molecular flexibility index (Phi) is 4.51. The predicted octanol–water partition coefficient (Wildman–Crippen LogP) is 4.13. The molecule has 31 heavy (non-hydrogen) atoms. The molecular weight excluding hydrogens is 400 g/mol. The highest BCUT2D eigenvalue weighted by Gasteiger charge is 2.17. The number of carbonyl (C=O) groups excluding carboxylic acids is 1. The minimum Gasteiger partial charge on any atom is -0.493 e. The number of nitrogens with zero attached hydrogens (tertiary/aromatic N) is 1. The summed E-state index contributed by atoms with van der Waals surface area (Å²) in [7, 11) is 1.48. The van der Waals surface area contributed by atoms with Gasteiger partial charge in [0, 0.05) is 16.8 Å². The minimum absolute atomic E-state index is 0.0676. The number of furan rings is 1. The largest absolute Gasteiger partial charge is 0.493 e. The van der Waals surface area contributed by atoms with Crippen LogP contribution in [0.4, 0.5) is 0 Å². The molecule has 0 atom stereocenters. The Hall–Kier alpha value is -4.33. The van der Waals surface area contributed by atoms with E-state index in [2.05, 4.69) is 10.5 Å². The van der Waals surface area contributed by atoms with Crippen molar-refractivity contribution in [3.05, 3.63) is 82.3 Å². The van der Waals surface area contributed by atoms with Crippen molar-refractivity contribution in [2.75, 3.05) is 7.11 Å². The predicted molar refractivity (Wildman–Crippen MR) is 112 cm³/mol. The van der Waals surface area contributed by atoms with Crippen LogP contribution in [0.15, 0.2) is 78.8 Å². The Balaban J connectivity index is 1.34. The summed E-state index contributed by atoms with van der Waals surface area (Å²) in [6, 6.07) is 17.8. The van der Waals surface area contributed by atoms with E-state index in [1.54, 1.807) is 24.3 Å². The molecule has 0 saturated heterocycles. The topological polar surface area (TPSA) is 108 Å². The molecule has 8 nitrogen and oxygen atoms in total. The van der Waals surface area contributed by atoms with E-state index in [-0.39, 0.29) is 12.1 Å². The van der Waals surface area contributed by atoms with E-state index in [0.29, 0.717) is 33.9 Å². The van der Waals surface area contributed by atoms with Gasteiger partial charge in [-0.3, -0.25) is 4.79 Å². The number of methoxy groups -OCH3 is 1. The SMILES string of the molecule is COc1cccc2cc(C(=O)NCc3cc(-c4cc5ccccc5o4)on3)c(=O)oc12.